The average molecular weight is 482 g/mol. The van der Waals surface area contributed by atoms with Gasteiger partial charge in [0.25, 0.3) is 0 Å². The van der Waals surface area contributed by atoms with Crippen molar-refractivity contribution < 1.29 is 18.0 Å². The molecule has 1 aliphatic rings. The normalized spacial score (nSPS) is 14.8. The zero-order chi connectivity index (χ0) is 24.1. The van der Waals surface area contributed by atoms with E-state index in [0.29, 0.717) is 37.2 Å². The summed E-state index contributed by atoms with van der Waals surface area (Å²) in [6.45, 7) is 5.37. The molecule has 34 heavy (non-hydrogen) atoms. The fourth-order valence-corrected chi connectivity index (χ4v) is 5.84. The van der Waals surface area contributed by atoms with E-state index in [1.54, 1.807) is 29.3 Å². The lowest BCUT2D eigenvalue weighted by Gasteiger charge is -2.25. The Hall–Kier alpha value is -2.97. The van der Waals surface area contributed by atoms with Gasteiger partial charge in [-0.1, -0.05) is 68.8 Å². The third kappa shape index (κ3) is 5.08. The summed E-state index contributed by atoms with van der Waals surface area (Å²) < 4.78 is 28.7. The summed E-state index contributed by atoms with van der Waals surface area (Å²) >= 11 is 0. The van der Waals surface area contributed by atoms with Crippen LogP contribution in [-0.4, -0.2) is 42.1 Å². The molecule has 1 aliphatic heterocycles. The van der Waals surface area contributed by atoms with E-state index < -0.39 is 15.8 Å². The molecule has 0 amide bonds. The minimum atomic E-state index is -3.86. The Kier molecular flexibility index (Phi) is 7.48. The highest BCUT2D eigenvalue weighted by molar-refractivity contribution is 7.90. The molecule has 0 radical (unpaired) electrons. The predicted molar refractivity (Wildman–Crippen MR) is 130 cm³/mol. The Bertz CT molecular complexity index is 1220. The Morgan fingerprint density at radius 2 is 1.59 bits per heavy atom. The standard InChI is InChI=1S/C26H31N3O4S/c1-3-21-14-11-15-22(4-2)24(21)29-23(25(30)33-28-16-9-6-10-17-28)18-27-26(29)34(31,32)19-20-12-7-5-8-13-20/h5,7-8,11-15,18H,3-4,6,9-10,16-17,19H2,1-2H3. The van der Waals surface area contributed by atoms with E-state index in [4.69, 9.17) is 4.84 Å². The van der Waals surface area contributed by atoms with Crippen molar-refractivity contribution in [2.45, 2.75) is 56.9 Å². The van der Waals surface area contributed by atoms with Crippen LogP contribution in [0, 0.1) is 0 Å². The molecular formula is C26H31N3O4S. The van der Waals surface area contributed by atoms with Crippen LogP contribution in [0.2, 0.25) is 0 Å². The minimum absolute atomic E-state index is 0.118. The SMILES string of the molecule is CCc1cccc(CC)c1-n1c(C(=O)ON2CCCCC2)cnc1S(=O)(=O)Cc1ccccc1. The largest absolute Gasteiger partial charge is 0.375 e. The Balaban J connectivity index is 1.84. The molecule has 0 bridgehead atoms. The van der Waals surface area contributed by atoms with Gasteiger partial charge >= 0.3 is 5.97 Å². The molecule has 1 aromatic heterocycles. The Morgan fingerprint density at radius 1 is 0.941 bits per heavy atom. The van der Waals surface area contributed by atoms with Crippen LogP contribution in [0.15, 0.2) is 59.9 Å². The fraction of sp³-hybridized carbons (Fsp3) is 0.385. The number of hydrogen-bond acceptors (Lipinski definition) is 6. The lowest BCUT2D eigenvalue weighted by Crippen LogP contribution is -2.33. The molecule has 0 N–H and O–H groups in total. The molecule has 3 aromatic rings. The highest BCUT2D eigenvalue weighted by atomic mass is 32.2. The van der Waals surface area contributed by atoms with Gasteiger partial charge in [0, 0.05) is 13.1 Å². The third-order valence-electron chi connectivity index (χ3n) is 6.13. The predicted octanol–water partition coefficient (Wildman–Crippen LogP) is 4.53. The van der Waals surface area contributed by atoms with E-state index in [9.17, 15) is 13.2 Å². The van der Waals surface area contributed by atoms with Crippen molar-refractivity contribution in [3.8, 4) is 5.69 Å². The number of carbonyl (C=O) groups excluding carboxylic acids is 1. The van der Waals surface area contributed by atoms with Gasteiger partial charge in [0.05, 0.1) is 17.6 Å². The smallest absolute Gasteiger partial charge is 0.363 e. The van der Waals surface area contributed by atoms with Crippen molar-refractivity contribution >= 4 is 15.8 Å². The van der Waals surface area contributed by atoms with Gasteiger partial charge in [-0.15, -0.1) is 5.06 Å². The van der Waals surface area contributed by atoms with Crippen LogP contribution >= 0.6 is 0 Å². The number of aromatic nitrogens is 2. The maximum Gasteiger partial charge on any atom is 0.375 e. The number of benzene rings is 2. The molecule has 8 heteroatoms. The quantitative estimate of drug-likeness (QED) is 0.470. The zero-order valence-corrected chi connectivity index (χ0v) is 20.6. The summed E-state index contributed by atoms with van der Waals surface area (Å²) in [5.41, 5.74) is 3.37. The number of aryl methyl sites for hydroxylation is 2. The number of carbonyl (C=O) groups is 1. The second-order valence-electron chi connectivity index (χ2n) is 8.51. The number of rotatable bonds is 8. The molecule has 0 saturated carbocycles. The molecule has 2 heterocycles. The van der Waals surface area contributed by atoms with Crippen LogP contribution in [0.5, 0.6) is 0 Å². The van der Waals surface area contributed by atoms with Crippen molar-refractivity contribution in [2.75, 3.05) is 13.1 Å². The number of hydrogen-bond donors (Lipinski definition) is 0. The first-order valence-corrected chi connectivity index (χ1v) is 13.5. The second kappa shape index (κ2) is 10.5. The van der Waals surface area contributed by atoms with Gasteiger partial charge in [-0.3, -0.25) is 4.57 Å². The summed E-state index contributed by atoms with van der Waals surface area (Å²) in [5, 5.41) is 1.52. The van der Waals surface area contributed by atoms with Crippen LogP contribution in [0.25, 0.3) is 5.69 Å². The molecular weight excluding hydrogens is 450 g/mol. The van der Waals surface area contributed by atoms with Gasteiger partial charge in [0.2, 0.25) is 15.0 Å². The van der Waals surface area contributed by atoms with Crippen molar-refractivity contribution in [2.24, 2.45) is 0 Å². The van der Waals surface area contributed by atoms with Crippen LogP contribution in [0.3, 0.4) is 0 Å². The number of para-hydroxylation sites is 1. The maximum absolute atomic E-state index is 13.6. The van der Waals surface area contributed by atoms with E-state index in [1.165, 1.54) is 10.8 Å². The van der Waals surface area contributed by atoms with Gasteiger partial charge in [-0.05, 0) is 42.4 Å². The van der Waals surface area contributed by atoms with E-state index in [2.05, 4.69) is 4.98 Å². The lowest BCUT2D eigenvalue weighted by atomic mass is 10.0. The number of sulfone groups is 1. The molecule has 0 unspecified atom stereocenters. The van der Waals surface area contributed by atoms with Gasteiger partial charge in [0.1, 0.15) is 0 Å². The van der Waals surface area contributed by atoms with Gasteiger partial charge in [-0.2, -0.15) is 0 Å². The van der Waals surface area contributed by atoms with E-state index in [0.717, 1.165) is 30.4 Å². The van der Waals surface area contributed by atoms with Crippen LogP contribution in [0.1, 0.15) is 60.3 Å². The molecule has 1 fully saturated rings. The molecule has 0 atom stereocenters. The molecule has 0 spiro atoms. The topological polar surface area (TPSA) is 81.5 Å². The summed E-state index contributed by atoms with van der Waals surface area (Å²) in [6, 6.07) is 14.9. The van der Waals surface area contributed by atoms with E-state index in [-0.39, 0.29) is 16.6 Å². The first-order valence-electron chi connectivity index (χ1n) is 11.9. The number of nitrogens with zero attached hydrogens (tertiary/aromatic N) is 3. The second-order valence-corrected chi connectivity index (χ2v) is 10.4. The molecule has 1 saturated heterocycles. The third-order valence-corrected chi connectivity index (χ3v) is 7.69. The first kappa shape index (κ1) is 24.2. The van der Waals surface area contributed by atoms with Gasteiger partial charge < -0.3 is 4.84 Å². The molecule has 0 aliphatic carbocycles. The molecule has 2 aromatic carbocycles. The zero-order valence-electron chi connectivity index (χ0n) is 19.7. The molecule has 4 rings (SSSR count). The van der Waals surface area contributed by atoms with Crippen molar-refractivity contribution in [3.63, 3.8) is 0 Å². The van der Waals surface area contributed by atoms with Crippen molar-refractivity contribution in [1.29, 1.82) is 0 Å². The van der Waals surface area contributed by atoms with Crippen molar-refractivity contribution in [3.05, 3.63) is 77.1 Å². The summed E-state index contributed by atoms with van der Waals surface area (Å²) in [5.74, 6) is -0.801. The lowest BCUT2D eigenvalue weighted by molar-refractivity contribution is -0.120. The highest BCUT2D eigenvalue weighted by Gasteiger charge is 2.31. The van der Waals surface area contributed by atoms with Crippen LogP contribution in [-0.2, 0) is 33.3 Å². The maximum atomic E-state index is 13.6. The summed E-state index contributed by atoms with van der Waals surface area (Å²) in [7, 11) is -3.86. The highest BCUT2D eigenvalue weighted by Crippen LogP contribution is 2.29. The van der Waals surface area contributed by atoms with Crippen molar-refractivity contribution in [1.82, 2.24) is 14.6 Å². The first-order chi connectivity index (χ1) is 16.4. The number of imidazole rings is 1. The van der Waals surface area contributed by atoms with Crippen LogP contribution in [0.4, 0.5) is 0 Å². The Morgan fingerprint density at radius 3 is 2.21 bits per heavy atom. The number of piperidine rings is 1. The average Bonchev–Trinajstić information content (AvgIpc) is 3.30. The number of hydroxylamine groups is 2. The van der Waals surface area contributed by atoms with Crippen LogP contribution < -0.4 is 0 Å². The monoisotopic (exact) mass is 481 g/mol. The summed E-state index contributed by atoms with van der Waals surface area (Å²) in [4.78, 5) is 23.2. The van der Waals surface area contributed by atoms with Gasteiger partial charge in [-0.25, -0.2) is 18.2 Å². The fourth-order valence-electron chi connectivity index (χ4n) is 4.40. The molecule has 180 valence electrons. The van der Waals surface area contributed by atoms with E-state index >= 15 is 0 Å². The Labute approximate surface area is 201 Å². The summed E-state index contributed by atoms with van der Waals surface area (Å²) in [6.07, 6.45) is 5.72. The minimum Gasteiger partial charge on any atom is -0.363 e. The molecule has 7 nitrogen and oxygen atoms in total. The van der Waals surface area contributed by atoms with Gasteiger partial charge in [0.15, 0.2) is 5.69 Å². The van der Waals surface area contributed by atoms with E-state index in [1.807, 2.05) is 38.1 Å².